The van der Waals surface area contributed by atoms with Crippen LogP contribution >= 0.6 is 0 Å². The van der Waals surface area contributed by atoms with E-state index in [1.54, 1.807) is 20.3 Å². The van der Waals surface area contributed by atoms with Crippen LogP contribution in [0.3, 0.4) is 0 Å². The highest BCUT2D eigenvalue weighted by molar-refractivity contribution is 5.79. The van der Waals surface area contributed by atoms with E-state index < -0.39 is 6.04 Å². The molecule has 0 amide bonds. The lowest BCUT2D eigenvalue weighted by Crippen LogP contribution is -2.34. The highest BCUT2D eigenvalue weighted by Crippen LogP contribution is 2.35. The molecule has 1 aromatic rings. The minimum Gasteiger partial charge on any atom is -0.493 e. The van der Waals surface area contributed by atoms with Crippen molar-refractivity contribution in [1.29, 1.82) is 0 Å². The van der Waals surface area contributed by atoms with Gasteiger partial charge in [-0.15, -0.1) is 0 Å². The van der Waals surface area contributed by atoms with E-state index >= 15 is 0 Å². The second kappa shape index (κ2) is 6.99. The molecule has 19 heavy (non-hydrogen) atoms. The molecular weight excluding hydrogens is 246 g/mol. The Balaban J connectivity index is 3.24. The van der Waals surface area contributed by atoms with E-state index in [0.717, 1.165) is 0 Å². The SMILES string of the molecule is COC(=O)C(NC(C)C)c1cccc(OC)c1OC. The van der Waals surface area contributed by atoms with Crippen LogP contribution in [0.25, 0.3) is 0 Å². The van der Waals surface area contributed by atoms with Gasteiger partial charge < -0.3 is 14.2 Å². The Morgan fingerprint density at radius 1 is 1.16 bits per heavy atom. The summed E-state index contributed by atoms with van der Waals surface area (Å²) in [6.07, 6.45) is 0. The zero-order valence-electron chi connectivity index (χ0n) is 12.0. The van der Waals surface area contributed by atoms with Gasteiger partial charge in [0.2, 0.25) is 0 Å². The highest BCUT2D eigenvalue weighted by atomic mass is 16.5. The van der Waals surface area contributed by atoms with Gasteiger partial charge in [-0.2, -0.15) is 0 Å². The first kappa shape index (κ1) is 15.3. The third-order valence-electron chi connectivity index (χ3n) is 2.68. The van der Waals surface area contributed by atoms with Crippen molar-refractivity contribution in [1.82, 2.24) is 5.32 Å². The lowest BCUT2D eigenvalue weighted by atomic mass is 10.0. The van der Waals surface area contributed by atoms with Gasteiger partial charge in [-0.05, 0) is 19.9 Å². The molecular formula is C14H21NO4. The molecule has 5 nitrogen and oxygen atoms in total. The summed E-state index contributed by atoms with van der Waals surface area (Å²) in [6, 6.07) is 4.95. The number of rotatable bonds is 6. The fourth-order valence-corrected chi connectivity index (χ4v) is 1.88. The second-order valence-corrected chi connectivity index (χ2v) is 4.36. The number of para-hydroxylation sites is 1. The van der Waals surface area contributed by atoms with Crippen LogP contribution in [-0.4, -0.2) is 33.3 Å². The first-order chi connectivity index (χ1) is 9.04. The van der Waals surface area contributed by atoms with Crippen molar-refractivity contribution in [2.45, 2.75) is 25.9 Å². The zero-order chi connectivity index (χ0) is 14.4. The quantitative estimate of drug-likeness (QED) is 0.798. The molecule has 0 aliphatic carbocycles. The molecule has 5 heteroatoms. The Morgan fingerprint density at radius 2 is 1.84 bits per heavy atom. The number of ether oxygens (including phenoxy) is 3. The van der Waals surface area contributed by atoms with E-state index in [9.17, 15) is 4.79 Å². The minimum atomic E-state index is -0.588. The molecule has 1 atom stereocenters. The number of benzene rings is 1. The zero-order valence-corrected chi connectivity index (χ0v) is 12.0. The van der Waals surface area contributed by atoms with Gasteiger partial charge in [-0.25, -0.2) is 4.79 Å². The Hall–Kier alpha value is -1.75. The smallest absolute Gasteiger partial charge is 0.327 e. The summed E-state index contributed by atoms with van der Waals surface area (Å²) in [6.45, 7) is 3.92. The van der Waals surface area contributed by atoms with Gasteiger partial charge >= 0.3 is 5.97 Å². The molecule has 106 valence electrons. The Labute approximate surface area is 113 Å². The molecule has 1 rings (SSSR count). The average molecular weight is 267 g/mol. The first-order valence-electron chi connectivity index (χ1n) is 6.09. The normalized spacial score (nSPS) is 12.1. The van der Waals surface area contributed by atoms with Crippen molar-refractivity contribution in [2.75, 3.05) is 21.3 Å². The van der Waals surface area contributed by atoms with E-state index in [0.29, 0.717) is 17.1 Å². The van der Waals surface area contributed by atoms with E-state index in [2.05, 4.69) is 5.32 Å². The largest absolute Gasteiger partial charge is 0.493 e. The summed E-state index contributed by atoms with van der Waals surface area (Å²) in [5.41, 5.74) is 0.697. The van der Waals surface area contributed by atoms with Crippen molar-refractivity contribution >= 4 is 5.97 Å². The van der Waals surface area contributed by atoms with Gasteiger partial charge in [0.1, 0.15) is 6.04 Å². The molecule has 1 unspecified atom stereocenters. The van der Waals surface area contributed by atoms with Gasteiger partial charge in [0.15, 0.2) is 11.5 Å². The second-order valence-electron chi connectivity index (χ2n) is 4.36. The van der Waals surface area contributed by atoms with Crippen molar-refractivity contribution < 1.29 is 19.0 Å². The molecule has 0 spiro atoms. The maximum Gasteiger partial charge on any atom is 0.327 e. The molecule has 0 bridgehead atoms. The van der Waals surface area contributed by atoms with E-state index in [4.69, 9.17) is 14.2 Å². The Kier molecular flexibility index (Phi) is 5.63. The van der Waals surface area contributed by atoms with Crippen molar-refractivity contribution in [2.24, 2.45) is 0 Å². The van der Waals surface area contributed by atoms with Gasteiger partial charge in [0, 0.05) is 11.6 Å². The molecule has 0 aliphatic heterocycles. The first-order valence-corrected chi connectivity index (χ1v) is 6.09. The summed E-state index contributed by atoms with van der Waals surface area (Å²) in [5.74, 6) is 0.758. The predicted molar refractivity (Wildman–Crippen MR) is 72.6 cm³/mol. The van der Waals surface area contributed by atoms with E-state index in [-0.39, 0.29) is 12.0 Å². The van der Waals surface area contributed by atoms with Crippen LogP contribution in [0, 0.1) is 0 Å². The van der Waals surface area contributed by atoms with Crippen LogP contribution in [0.2, 0.25) is 0 Å². The van der Waals surface area contributed by atoms with Crippen LogP contribution in [0.15, 0.2) is 18.2 Å². The molecule has 0 aromatic heterocycles. The predicted octanol–water partition coefficient (Wildman–Crippen LogP) is 1.92. The van der Waals surface area contributed by atoms with Crippen molar-refractivity contribution in [3.05, 3.63) is 23.8 Å². The van der Waals surface area contributed by atoms with Gasteiger partial charge in [-0.1, -0.05) is 12.1 Å². The van der Waals surface area contributed by atoms with Crippen molar-refractivity contribution in [3.8, 4) is 11.5 Å². The molecule has 0 radical (unpaired) electrons. The molecule has 0 heterocycles. The maximum absolute atomic E-state index is 11.9. The number of esters is 1. The highest BCUT2D eigenvalue weighted by Gasteiger charge is 2.26. The summed E-state index contributed by atoms with van der Waals surface area (Å²) < 4.78 is 15.4. The van der Waals surface area contributed by atoms with Crippen LogP contribution < -0.4 is 14.8 Å². The molecule has 0 saturated heterocycles. The molecule has 1 aromatic carbocycles. The lowest BCUT2D eigenvalue weighted by Gasteiger charge is -2.22. The summed E-state index contributed by atoms with van der Waals surface area (Å²) in [5, 5.41) is 3.16. The minimum absolute atomic E-state index is 0.125. The van der Waals surface area contributed by atoms with Crippen LogP contribution in [0.4, 0.5) is 0 Å². The number of carbonyl (C=O) groups excluding carboxylic acids is 1. The number of carbonyl (C=O) groups is 1. The van der Waals surface area contributed by atoms with Gasteiger partial charge in [0.25, 0.3) is 0 Å². The average Bonchev–Trinajstić information content (AvgIpc) is 2.42. The van der Waals surface area contributed by atoms with Crippen LogP contribution in [-0.2, 0) is 9.53 Å². The summed E-state index contributed by atoms with van der Waals surface area (Å²) in [7, 11) is 4.47. The van der Waals surface area contributed by atoms with Gasteiger partial charge in [0.05, 0.1) is 21.3 Å². The molecule has 0 fully saturated rings. The number of methoxy groups -OCH3 is 3. The van der Waals surface area contributed by atoms with E-state index in [1.807, 2.05) is 26.0 Å². The fourth-order valence-electron chi connectivity index (χ4n) is 1.88. The Bertz CT molecular complexity index is 431. The third kappa shape index (κ3) is 3.61. The maximum atomic E-state index is 11.9. The topological polar surface area (TPSA) is 56.8 Å². The fraction of sp³-hybridized carbons (Fsp3) is 0.500. The monoisotopic (exact) mass is 267 g/mol. The van der Waals surface area contributed by atoms with Crippen LogP contribution in [0.5, 0.6) is 11.5 Å². The Morgan fingerprint density at radius 3 is 2.32 bits per heavy atom. The number of hydrogen-bond acceptors (Lipinski definition) is 5. The lowest BCUT2D eigenvalue weighted by molar-refractivity contribution is -0.143. The number of hydrogen-bond donors (Lipinski definition) is 1. The van der Waals surface area contributed by atoms with E-state index in [1.165, 1.54) is 7.11 Å². The third-order valence-corrected chi connectivity index (χ3v) is 2.68. The number of nitrogens with one attached hydrogen (secondary N) is 1. The molecule has 1 N–H and O–H groups in total. The van der Waals surface area contributed by atoms with Crippen LogP contribution in [0.1, 0.15) is 25.5 Å². The molecule has 0 saturated carbocycles. The summed E-state index contributed by atoms with van der Waals surface area (Å²) in [4.78, 5) is 11.9. The summed E-state index contributed by atoms with van der Waals surface area (Å²) >= 11 is 0. The molecule has 0 aliphatic rings. The van der Waals surface area contributed by atoms with Gasteiger partial charge in [-0.3, -0.25) is 5.32 Å². The standard InChI is InChI=1S/C14H21NO4/c1-9(2)15-12(14(16)19-5)10-7-6-8-11(17-3)13(10)18-4/h6-9,12,15H,1-5H3. The van der Waals surface area contributed by atoms with Crippen molar-refractivity contribution in [3.63, 3.8) is 0 Å².